The second-order valence-corrected chi connectivity index (χ2v) is 4.41. The summed E-state index contributed by atoms with van der Waals surface area (Å²) in [4.78, 5) is 19.4. The van der Waals surface area contributed by atoms with E-state index >= 15 is 0 Å². The van der Waals surface area contributed by atoms with Crippen molar-refractivity contribution < 1.29 is 4.79 Å². The molecule has 0 radical (unpaired) electrons. The summed E-state index contributed by atoms with van der Waals surface area (Å²) in [7, 11) is 0. The molecule has 2 rings (SSSR count). The molecule has 1 aliphatic heterocycles. The topological polar surface area (TPSA) is 60.2 Å². The number of carbonyl (C=O) groups is 1. The summed E-state index contributed by atoms with van der Waals surface area (Å²) >= 11 is 0. The molecule has 0 spiro atoms. The first kappa shape index (κ1) is 12.5. The molecule has 0 atom stereocenters. The lowest BCUT2D eigenvalue weighted by Crippen LogP contribution is -2.47. The van der Waals surface area contributed by atoms with Gasteiger partial charge in [0, 0.05) is 51.4 Å². The van der Waals surface area contributed by atoms with Gasteiger partial charge in [0.2, 0.25) is 5.91 Å². The molecule has 1 fully saturated rings. The minimum absolute atomic E-state index is 0.133. The summed E-state index contributed by atoms with van der Waals surface area (Å²) in [5.41, 5.74) is 1.45. The van der Waals surface area contributed by atoms with Gasteiger partial charge in [-0.3, -0.25) is 9.69 Å². The zero-order valence-electron chi connectivity index (χ0n) is 10.5. The Hall–Kier alpha value is -1.93. The fraction of sp³-hybridized carbons (Fsp3) is 0.462. The van der Waals surface area contributed by atoms with Crippen molar-refractivity contribution in [1.29, 1.82) is 5.26 Å². The standard InChI is InChI=1S/C13H16N4O/c1-11(18)17-7-5-16(6-8-17)10-12-3-2-4-15-13(12)9-14/h2-4H,5-8,10H2,1H3. The molecule has 1 aliphatic rings. The molecule has 5 heteroatoms. The van der Waals surface area contributed by atoms with Gasteiger partial charge in [0.05, 0.1) is 0 Å². The Kier molecular flexibility index (Phi) is 3.90. The Morgan fingerprint density at radius 1 is 1.44 bits per heavy atom. The molecule has 18 heavy (non-hydrogen) atoms. The third-order valence-electron chi connectivity index (χ3n) is 3.21. The van der Waals surface area contributed by atoms with Gasteiger partial charge in [0.15, 0.2) is 0 Å². The first-order valence-electron chi connectivity index (χ1n) is 6.02. The van der Waals surface area contributed by atoms with E-state index in [1.54, 1.807) is 13.1 Å². The van der Waals surface area contributed by atoms with Crippen molar-refractivity contribution in [3.63, 3.8) is 0 Å². The molecule has 0 aliphatic carbocycles. The summed E-state index contributed by atoms with van der Waals surface area (Å²) in [5, 5.41) is 8.98. The fourth-order valence-corrected chi connectivity index (χ4v) is 2.13. The normalized spacial score (nSPS) is 16.3. The minimum Gasteiger partial charge on any atom is -0.340 e. The summed E-state index contributed by atoms with van der Waals surface area (Å²) in [6.07, 6.45) is 1.63. The lowest BCUT2D eigenvalue weighted by molar-refractivity contribution is -0.130. The van der Waals surface area contributed by atoms with Gasteiger partial charge in [0.25, 0.3) is 0 Å². The largest absolute Gasteiger partial charge is 0.340 e. The van der Waals surface area contributed by atoms with E-state index in [2.05, 4.69) is 16.0 Å². The highest BCUT2D eigenvalue weighted by Gasteiger charge is 2.19. The number of pyridine rings is 1. The van der Waals surface area contributed by atoms with Crippen LogP contribution in [0.25, 0.3) is 0 Å². The van der Waals surface area contributed by atoms with Gasteiger partial charge in [-0.15, -0.1) is 0 Å². The van der Waals surface area contributed by atoms with Crippen LogP contribution in [-0.2, 0) is 11.3 Å². The van der Waals surface area contributed by atoms with E-state index in [4.69, 9.17) is 5.26 Å². The molecule has 94 valence electrons. The molecule has 1 amide bonds. The molecule has 1 aromatic heterocycles. The summed E-state index contributed by atoms with van der Waals surface area (Å²) in [6.45, 7) is 5.54. The van der Waals surface area contributed by atoms with Crippen molar-refractivity contribution in [2.75, 3.05) is 26.2 Å². The maximum atomic E-state index is 11.2. The molecule has 5 nitrogen and oxygen atoms in total. The highest BCUT2D eigenvalue weighted by molar-refractivity contribution is 5.73. The number of nitrogens with zero attached hydrogens (tertiary/aromatic N) is 4. The molecule has 0 N–H and O–H groups in total. The number of amides is 1. The SMILES string of the molecule is CC(=O)N1CCN(Cc2cccnc2C#N)CC1. The van der Waals surface area contributed by atoms with E-state index < -0.39 is 0 Å². The van der Waals surface area contributed by atoms with Crippen molar-refractivity contribution in [3.05, 3.63) is 29.6 Å². The van der Waals surface area contributed by atoms with E-state index in [-0.39, 0.29) is 5.91 Å². The van der Waals surface area contributed by atoms with Crippen molar-refractivity contribution >= 4 is 5.91 Å². The first-order valence-corrected chi connectivity index (χ1v) is 6.02. The van der Waals surface area contributed by atoms with Crippen molar-refractivity contribution in [1.82, 2.24) is 14.8 Å². The zero-order valence-corrected chi connectivity index (χ0v) is 10.5. The number of hydrogen-bond acceptors (Lipinski definition) is 4. The molecule has 1 saturated heterocycles. The Balaban J connectivity index is 1.96. The molecular formula is C13H16N4O. The first-order chi connectivity index (χ1) is 8.70. The van der Waals surface area contributed by atoms with Crippen LogP contribution in [0.1, 0.15) is 18.2 Å². The molecule has 0 unspecified atom stereocenters. The predicted molar refractivity (Wildman–Crippen MR) is 66.5 cm³/mol. The van der Waals surface area contributed by atoms with Crippen molar-refractivity contribution in [2.24, 2.45) is 0 Å². The third-order valence-corrected chi connectivity index (χ3v) is 3.21. The molecule has 2 heterocycles. The molecular weight excluding hydrogens is 228 g/mol. The maximum absolute atomic E-state index is 11.2. The highest BCUT2D eigenvalue weighted by Crippen LogP contribution is 2.10. The van der Waals surface area contributed by atoms with E-state index in [9.17, 15) is 4.79 Å². The van der Waals surface area contributed by atoms with Crippen LogP contribution in [-0.4, -0.2) is 46.9 Å². The van der Waals surface area contributed by atoms with Crippen LogP contribution >= 0.6 is 0 Å². The molecule has 0 saturated carbocycles. The van der Waals surface area contributed by atoms with E-state index in [1.165, 1.54) is 0 Å². The number of aromatic nitrogens is 1. The van der Waals surface area contributed by atoms with Crippen LogP contribution in [0.4, 0.5) is 0 Å². The van der Waals surface area contributed by atoms with Crippen LogP contribution in [0.2, 0.25) is 0 Å². The number of carbonyl (C=O) groups excluding carboxylic acids is 1. The third kappa shape index (κ3) is 2.84. The Labute approximate surface area is 107 Å². The van der Waals surface area contributed by atoms with E-state index in [1.807, 2.05) is 17.0 Å². The van der Waals surface area contributed by atoms with Gasteiger partial charge in [0.1, 0.15) is 11.8 Å². The number of nitriles is 1. The summed E-state index contributed by atoms with van der Waals surface area (Å²) < 4.78 is 0. The van der Waals surface area contributed by atoms with Gasteiger partial charge >= 0.3 is 0 Å². The van der Waals surface area contributed by atoms with Crippen LogP contribution < -0.4 is 0 Å². The Bertz CT molecular complexity index is 472. The van der Waals surface area contributed by atoms with Crippen molar-refractivity contribution in [3.8, 4) is 6.07 Å². The number of piperazine rings is 1. The van der Waals surface area contributed by atoms with Crippen LogP contribution in [0.5, 0.6) is 0 Å². The lowest BCUT2D eigenvalue weighted by atomic mass is 10.1. The van der Waals surface area contributed by atoms with Gasteiger partial charge in [-0.1, -0.05) is 6.07 Å². The van der Waals surface area contributed by atoms with Gasteiger partial charge in [-0.2, -0.15) is 5.26 Å². The smallest absolute Gasteiger partial charge is 0.219 e. The van der Waals surface area contributed by atoms with Crippen LogP contribution in [0.3, 0.4) is 0 Å². The van der Waals surface area contributed by atoms with Gasteiger partial charge in [-0.05, 0) is 6.07 Å². The lowest BCUT2D eigenvalue weighted by Gasteiger charge is -2.34. The van der Waals surface area contributed by atoms with E-state index in [0.717, 1.165) is 38.3 Å². The summed E-state index contributed by atoms with van der Waals surface area (Å²) in [5.74, 6) is 0.133. The second-order valence-electron chi connectivity index (χ2n) is 4.41. The zero-order chi connectivity index (χ0) is 13.0. The maximum Gasteiger partial charge on any atom is 0.219 e. The average molecular weight is 244 g/mol. The quantitative estimate of drug-likeness (QED) is 0.765. The molecule has 0 aromatic carbocycles. The number of rotatable bonds is 2. The van der Waals surface area contributed by atoms with Crippen LogP contribution in [0, 0.1) is 11.3 Å². The predicted octanol–water partition coefficient (Wildman–Crippen LogP) is 0.617. The Morgan fingerprint density at radius 3 is 2.78 bits per heavy atom. The molecule has 0 bridgehead atoms. The van der Waals surface area contributed by atoms with Crippen molar-refractivity contribution in [2.45, 2.75) is 13.5 Å². The number of hydrogen-bond donors (Lipinski definition) is 0. The van der Waals surface area contributed by atoms with Gasteiger partial charge in [-0.25, -0.2) is 4.98 Å². The molecule has 1 aromatic rings. The second kappa shape index (κ2) is 5.61. The minimum atomic E-state index is 0.133. The monoisotopic (exact) mass is 244 g/mol. The Morgan fingerprint density at radius 2 is 2.17 bits per heavy atom. The van der Waals surface area contributed by atoms with Gasteiger partial charge < -0.3 is 4.90 Å². The highest BCUT2D eigenvalue weighted by atomic mass is 16.2. The summed E-state index contributed by atoms with van der Waals surface area (Å²) in [6, 6.07) is 5.89. The fourth-order valence-electron chi connectivity index (χ4n) is 2.13. The van der Waals surface area contributed by atoms with E-state index in [0.29, 0.717) is 5.69 Å². The van der Waals surface area contributed by atoms with Crippen LogP contribution in [0.15, 0.2) is 18.3 Å². The average Bonchev–Trinajstić information content (AvgIpc) is 2.40.